The van der Waals surface area contributed by atoms with Crippen molar-refractivity contribution in [1.82, 2.24) is 24.8 Å². The van der Waals surface area contributed by atoms with Gasteiger partial charge in [-0.05, 0) is 17.7 Å². The molecular formula is C19H16N6O. The second-order valence-corrected chi connectivity index (χ2v) is 6.24. The summed E-state index contributed by atoms with van der Waals surface area (Å²) >= 11 is 0. The van der Waals surface area contributed by atoms with Crippen LogP contribution in [0.25, 0.3) is 11.4 Å². The van der Waals surface area contributed by atoms with Gasteiger partial charge in [0.25, 0.3) is 5.56 Å². The largest absolute Gasteiger partial charge is 0.306 e. The first-order valence-corrected chi connectivity index (χ1v) is 8.32. The van der Waals surface area contributed by atoms with Gasteiger partial charge < -0.3 is 4.98 Å². The zero-order chi connectivity index (χ0) is 17.9. The van der Waals surface area contributed by atoms with Gasteiger partial charge in [0.2, 0.25) is 0 Å². The fourth-order valence-electron chi connectivity index (χ4n) is 3.12. The normalized spacial score (nSPS) is 13.8. The first kappa shape index (κ1) is 16.1. The van der Waals surface area contributed by atoms with Crippen LogP contribution < -0.4 is 5.56 Å². The van der Waals surface area contributed by atoms with Gasteiger partial charge in [0.1, 0.15) is 12.2 Å². The number of H-pyrrole nitrogens is 1. The first-order valence-electron chi connectivity index (χ1n) is 8.32. The SMILES string of the molecule is N#Cc1ccc(CN2CCc3nc(-c4cncnc4)[nH]c(=O)c3C2)cc1. The Morgan fingerprint density at radius 2 is 1.96 bits per heavy atom. The van der Waals surface area contributed by atoms with Crippen molar-refractivity contribution in [2.24, 2.45) is 0 Å². The summed E-state index contributed by atoms with van der Waals surface area (Å²) in [6.07, 6.45) is 5.44. The van der Waals surface area contributed by atoms with Gasteiger partial charge in [-0.2, -0.15) is 5.26 Å². The van der Waals surface area contributed by atoms with E-state index in [1.807, 2.05) is 24.3 Å². The third-order valence-corrected chi connectivity index (χ3v) is 4.47. The van der Waals surface area contributed by atoms with Gasteiger partial charge in [0.05, 0.1) is 28.5 Å². The minimum absolute atomic E-state index is 0.113. The number of hydrogen-bond acceptors (Lipinski definition) is 6. The molecule has 3 aromatic rings. The summed E-state index contributed by atoms with van der Waals surface area (Å²) in [6, 6.07) is 9.66. The van der Waals surface area contributed by atoms with Crippen molar-refractivity contribution in [2.45, 2.75) is 19.5 Å². The van der Waals surface area contributed by atoms with E-state index in [0.717, 1.165) is 30.8 Å². The molecule has 7 heteroatoms. The molecule has 2 aromatic heterocycles. The van der Waals surface area contributed by atoms with Gasteiger partial charge in [-0.25, -0.2) is 15.0 Å². The maximum Gasteiger partial charge on any atom is 0.255 e. The molecule has 26 heavy (non-hydrogen) atoms. The molecule has 0 unspecified atom stereocenters. The molecule has 7 nitrogen and oxygen atoms in total. The van der Waals surface area contributed by atoms with Crippen LogP contribution in [0.1, 0.15) is 22.4 Å². The standard InChI is InChI=1S/C19H16N6O/c20-7-13-1-3-14(4-2-13)10-25-6-5-17-16(11-25)19(26)24-18(23-17)15-8-21-12-22-9-15/h1-4,8-9,12H,5-6,10-11H2,(H,23,24,26). The third-order valence-electron chi connectivity index (χ3n) is 4.47. The number of rotatable bonds is 3. The van der Waals surface area contributed by atoms with Crippen molar-refractivity contribution in [3.63, 3.8) is 0 Å². The smallest absolute Gasteiger partial charge is 0.255 e. The summed E-state index contributed by atoms with van der Waals surface area (Å²) in [5, 5.41) is 8.88. The molecule has 1 N–H and O–H groups in total. The second-order valence-electron chi connectivity index (χ2n) is 6.24. The lowest BCUT2D eigenvalue weighted by Gasteiger charge is -2.27. The molecule has 4 rings (SSSR count). The third kappa shape index (κ3) is 3.23. The second kappa shape index (κ2) is 6.86. The van der Waals surface area contributed by atoms with E-state index < -0.39 is 0 Å². The predicted molar refractivity (Wildman–Crippen MR) is 94.9 cm³/mol. The Morgan fingerprint density at radius 3 is 2.69 bits per heavy atom. The topological polar surface area (TPSA) is 98.6 Å². The Morgan fingerprint density at radius 1 is 1.19 bits per heavy atom. The van der Waals surface area contributed by atoms with E-state index in [1.54, 1.807) is 12.4 Å². The fourth-order valence-corrected chi connectivity index (χ4v) is 3.12. The summed E-state index contributed by atoms with van der Waals surface area (Å²) < 4.78 is 0. The molecule has 0 amide bonds. The monoisotopic (exact) mass is 344 g/mol. The summed E-state index contributed by atoms with van der Waals surface area (Å²) in [5.41, 5.74) is 3.91. The molecule has 0 aliphatic carbocycles. The van der Waals surface area contributed by atoms with Crippen molar-refractivity contribution in [1.29, 1.82) is 5.26 Å². The van der Waals surface area contributed by atoms with Crippen LogP contribution in [0.5, 0.6) is 0 Å². The molecule has 1 aromatic carbocycles. The van der Waals surface area contributed by atoms with Crippen LogP contribution in [0.15, 0.2) is 47.8 Å². The lowest BCUT2D eigenvalue weighted by atomic mass is 10.1. The van der Waals surface area contributed by atoms with Gasteiger partial charge in [-0.3, -0.25) is 9.69 Å². The van der Waals surface area contributed by atoms with Crippen molar-refractivity contribution < 1.29 is 0 Å². The number of hydrogen-bond donors (Lipinski definition) is 1. The van der Waals surface area contributed by atoms with Gasteiger partial charge in [0.15, 0.2) is 0 Å². The van der Waals surface area contributed by atoms with E-state index in [9.17, 15) is 4.79 Å². The van der Waals surface area contributed by atoms with Crippen LogP contribution in [0.3, 0.4) is 0 Å². The fraction of sp³-hybridized carbons (Fsp3) is 0.211. The van der Waals surface area contributed by atoms with Crippen molar-refractivity contribution in [3.8, 4) is 17.5 Å². The number of aromatic nitrogens is 4. The molecule has 3 heterocycles. The molecule has 1 aliphatic heterocycles. The maximum atomic E-state index is 12.5. The average molecular weight is 344 g/mol. The average Bonchev–Trinajstić information content (AvgIpc) is 2.69. The first-order chi connectivity index (χ1) is 12.7. The molecular weight excluding hydrogens is 328 g/mol. The Bertz CT molecular complexity index is 1020. The number of fused-ring (bicyclic) bond motifs is 1. The van der Waals surface area contributed by atoms with Crippen LogP contribution in [0, 0.1) is 11.3 Å². The van der Waals surface area contributed by atoms with Gasteiger partial charge in [-0.15, -0.1) is 0 Å². The molecule has 0 bridgehead atoms. The summed E-state index contributed by atoms with van der Waals surface area (Å²) in [4.78, 5) is 30.2. The summed E-state index contributed by atoms with van der Waals surface area (Å²) in [7, 11) is 0. The maximum absolute atomic E-state index is 12.5. The minimum Gasteiger partial charge on any atom is -0.306 e. The number of nitrogens with one attached hydrogen (secondary N) is 1. The highest BCUT2D eigenvalue weighted by atomic mass is 16.1. The Kier molecular flexibility index (Phi) is 4.25. The molecule has 0 radical (unpaired) electrons. The Labute approximate surface area is 150 Å². The van der Waals surface area contributed by atoms with E-state index in [0.29, 0.717) is 29.1 Å². The van der Waals surface area contributed by atoms with Crippen LogP contribution in [-0.4, -0.2) is 31.4 Å². The van der Waals surface area contributed by atoms with E-state index >= 15 is 0 Å². The number of nitrogens with zero attached hydrogens (tertiary/aromatic N) is 5. The summed E-state index contributed by atoms with van der Waals surface area (Å²) in [6.45, 7) is 2.12. The highest BCUT2D eigenvalue weighted by Crippen LogP contribution is 2.19. The van der Waals surface area contributed by atoms with Gasteiger partial charge in [-0.1, -0.05) is 12.1 Å². The Hall–Kier alpha value is -3.37. The van der Waals surface area contributed by atoms with Gasteiger partial charge in [0, 0.05) is 38.4 Å². The molecule has 1 aliphatic rings. The van der Waals surface area contributed by atoms with Crippen LogP contribution in [0.4, 0.5) is 0 Å². The predicted octanol–water partition coefficient (Wildman–Crippen LogP) is 1.66. The molecule has 0 saturated carbocycles. The van der Waals surface area contributed by atoms with Crippen LogP contribution >= 0.6 is 0 Å². The highest BCUT2D eigenvalue weighted by Gasteiger charge is 2.21. The molecule has 128 valence electrons. The molecule has 0 saturated heterocycles. The minimum atomic E-state index is -0.113. The van der Waals surface area contributed by atoms with Crippen LogP contribution in [-0.2, 0) is 19.5 Å². The lowest BCUT2D eigenvalue weighted by molar-refractivity contribution is 0.242. The molecule has 0 spiro atoms. The van der Waals surface area contributed by atoms with E-state index in [4.69, 9.17) is 5.26 Å². The lowest BCUT2D eigenvalue weighted by Crippen LogP contribution is -2.35. The molecule has 0 fully saturated rings. The van der Waals surface area contributed by atoms with Gasteiger partial charge >= 0.3 is 0 Å². The Balaban J connectivity index is 1.55. The van der Waals surface area contributed by atoms with Crippen molar-refractivity contribution >= 4 is 0 Å². The number of benzene rings is 1. The highest BCUT2D eigenvalue weighted by molar-refractivity contribution is 5.52. The van der Waals surface area contributed by atoms with Crippen LogP contribution in [0.2, 0.25) is 0 Å². The zero-order valence-corrected chi connectivity index (χ0v) is 14.0. The van der Waals surface area contributed by atoms with Crippen molar-refractivity contribution in [3.05, 3.63) is 75.7 Å². The molecule has 0 atom stereocenters. The summed E-state index contributed by atoms with van der Waals surface area (Å²) in [5.74, 6) is 0.509. The number of nitriles is 1. The zero-order valence-electron chi connectivity index (χ0n) is 14.0. The quantitative estimate of drug-likeness (QED) is 0.776. The van der Waals surface area contributed by atoms with E-state index in [-0.39, 0.29) is 5.56 Å². The van der Waals surface area contributed by atoms with E-state index in [2.05, 4.69) is 30.9 Å². The van der Waals surface area contributed by atoms with E-state index in [1.165, 1.54) is 6.33 Å². The van der Waals surface area contributed by atoms with Crippen molar-refractivity contribution in [2.75, 3.05) is 6.54 Å². The number of aromatic amines is 1.